The number of likely N-dealkylation sites (tertiary alicyclic amines) is 2. The van der Waals surface area contributed by atoms with Crippen LogP contribution in [-0.2, 0) is 6.42 Å². The van der Waals surface area contributed by atoms with Crippen LogP contribution in [0.3, 0.4) is 0 Å². The third-order valence-corrected chi connectivity index (χ3v) is 5.65. The molecule has 25 heavy (non-hydrogen) atoms. The zero-order valence-corrected chi connectivity index (χ0v) is 15.9. The molecule has 0 unspecified atom stereocenters. The Bertz CT molecular complexity index is 560. The number of nitrogens with one attached hydrogen (secondary N) is 1. The van der Waals surface area contributed by atoms with Crippen LogP contribution in [0.15, 0.2) is 4.52 Å². The predicted octanol–water partition coefficient (Wildman–Crippen LogP) is 2.88. The lowest BCUT2D eigenvalue weighted by Crippen LogP contribution is -2.49. The summed E-state index contributed by atoms with van der Waals surface area (Å²) in [6, 6.07) is 0.678. The molecule has 0 aliphatic carbocycles. The average molecular weight is 348 g/mol. The van der Waals surface area contributed by atoms with Crippen LogP contribution in [0.5, 0.6) is 0 Å². The van der Waals surface area contributed by atoms with Gasteiger partial charge >= 0.3 is 6.03 Å². The summed E-state index contributed by atoms with van der Waals surface area (Å²) in [4.78, 5) is 17.4. The van der Waals surface area contributed by atoms with Crippen LogP contribution in [0.4, 0.5) is 4.79 Å². The maximum Gasteiger partial charge on any atom is 0.317 e. The van der Waals surface area contributed by atoms with E-state index in [0.717, 1.165) is 42.9 Å². The smallest absolute Gasteiger partial charge is 0.317 e. The zero-order chi connectivity index (χ0) is 17.8. The van der Waals surface area contributed by atoms with Crippen molar-refractivity contribution in [1.82, 2.24) is 20.3 Å². The highest BCUT2D eigenvalue weighted by molar-refractivity contribution is 5.74. The highest BCUT2D eigenvalue weighted by atomic mass is 16.5. The molecule has 140 valence electrons. The van der Waals surface area contributed by atoms with E-state index >= 15 is 0 Å². The lowest BCUT2D eigenvalue weighted by atomic mass is 10.1. The molecule has 0 spiro atoms. The van der Waals surface area contributed by atoms with Crippen molar-refractivity contribution in [3.63, 3.8) is 0 Å². The van der Waals surface area contributed by atoms with Gasteiger partial charge in [0.25, 0.3) is 0 Å². The number of hydrogen-bond donors (Lipinski definition) is 1. The van der Waals surface area contributed by atoms with Crippen LogP contribution in [0.2, 0.25) is 0 Å². The minimum atomic E-state index is 0.0674. The predicted molar refractivity (Wildman–Crippen MR) is 97.7 cm³/mol. The SMILES string of the molecule is Cc1noc(C)c1C[C@@H](C)NC(=O)N1CCCC[C@H](N2CCCC2)C1. The Morgan fingerprint density at radius 1 is 1.24 bits per heavy atom. The summed E-state index contributed by atoms with van der Waals surface area (Å²) in [5, 5.41) is 7.18. The number of carbonyl (C=O) groups excluding carboxylic acids is 1. The first kappa shape index (κ1) is 18.2. The summed E-state index contributed by atoms with van der Waals surface area (Å²) in [5.74, 6) is 0.850. The largest absolute Gasteiger partial charge is 0.361 e. The molecule has 2 aliphatic heterocycles. The number of urea groups is 1. The van der Waals surface area contributed by atoms with Gasteiger partial charge in [-0.05, 0) is 66.0 Å². The molecule has 1 aromatic rings. The fourth-order valence-corrected chi connectivity index (χ4v) is 4.16. The number of amides is 2. The molecule has 1 N–H and O–H groups in total. The highest BCUT2D eigenvalue weighted by Gasteiger charge is 2.28. The Labute approximate surface area is 150 Å². The highest BCUT2D eigenvalue weighted by Crippen LogP contribution is 2.21. The standard InChI is InChI=1S/C19H32N4O2/c1-14(12-18-15(2)21-25-16(18)3)20-19(24)23-11-5-4-8-17(13-23)22-9-6-7-10-22/h14,17H,4-13H2,1-3H3,(H,20,24)/t14-,17+/m1/s1. The van der Waals surface area contributed by atoms with Crippen LogP contribution in [-0.4, -0.2) is 59.3 Å². The number of rotatable bonds is 4. The number of carbonyl (C=O) groups is 1. The van der Waals surface area contributed by atoms with Crippen molar-refractivity contribution in [1.29, 1.82) is 0 Å². The van der Waals surface area contributed by atoms with E-state index in [-0.39, 0.29) is 12.1 Å². The van der Waals surface area contributed by atoms with Gasteiger partial charge in [-0.2, -0.15) is 0 Å². The van der Waals surface area contributed by atoms with Gasteiger partial charge in [-0.25, -0.2) is 4.79 Å². The van der Waals surface area contributed by atoms with Crippen molar-refractivity contribution < 1.29 is 9.32 Å². The van der Waals surface area contributed by atoms with Crippen molar-refractivity contribution in [3.05, 3.63) is 17.0 Å². The first-order valence-electron chi connectivity index (χ1n) is 9.76. The van der Waals surface area contributed by atoms with E-state index in [0.29, 0.717) is 6.04 Å². The maximum atomic E-state index is 12.8. The molecule has 3 rings (SSSR count). The van der Waals surface area contributed by atoms with Gasteiger partial charge in [0.2, 0.25) is 0 Å². The van der Waals surface area contributed by atoms with Crippen LogP contribution >= 0.6 is 0 Å². The Hall–Kier alpha value is -1.56. The summed E-state index contributed by atoms with van der Waals surface area (Å²) in [6.45, 7) is 10.1. The van der Waals surface area contributed by atoms with Crippen LogP contribution in [0.1, 0.15) is 56.0 Å². The van der Waals surface area contributed by atoms with E-state index in [9.17, 15) is 4.79 Å². The van der Waals surface area contributed by atoms with E-state index in [4.69, 9.17) is 4.52 Å². The molecule has 2 amide bonds. The fourth-order valence-electron chi connectivity index (χ4n) is 4.16. The molecule has 2 fully saturated rings. The van der Waals surface area contributed by atoms with Gasteiger partial charge in [-0.1, -0.05) is 11.6 Å². The molecule has 0 saturated carbocycles. The Balaban J connectivity index is 1.55. The average Bonchev–Trinajstić information content (AvgIpc) is 3.14. The first-order valence-corrected chi connectivity index (χ1v) is 9.76. The molecule has 0 aromatic carbocycles. The summed E-state index contributed by atoms with van der Waals surface area (Å²) >= 11 is 0. The number of aryl methyl sites for hydroxylation is 2. The van der Waals surface area contributed by atoms with Gasteiger partial charge in [-0.15, -0.1) is 0 Å². The number of aromatic nitrogens is 1. The molecular formula is C19H32N4O2. The molecule has 6 heteroatoms. The minimum Gasteiger partial charge on any atom is -0.361 e. The minimum absolute atomic E-state index is 0.0674. The van der Waals surface area contributed by atoms with E-state index in [1.165, 1.54) is 38.8 Å². The van der Waals surface area contributed by atoms with E-state index in [1.807, 2.05) is 18.7 Å². The van der Waals surface area contributed by atoms with Crippen LogP contribution in [0, 0.1) is 13.8 Å². The molecule has 6 nitrogen and oxygen atoms in total. The first-order chi connectivity index (χ1) is 12.0. The van der Waals surface area contributed by atoms with Crippen molar-refractivity contribution in [2.24, 2.45) is 0 Å². The quantitative estimate of drug-likeness (QED) is 0.909. The van der Waals surface area contributed by atoms with Gasteiger partial charge in [-0.3, -0.25) is 4.90 Å². The molecule has 2 atom stereocenters. The van der Waals surface area contributed by atoms with E-state index < -0.39 is 0 Å². The molecule has 0 bridgehead atoms. The van der Waals surface area contributed by atoms with Crippen LogP contribution in [0.25, 0.3) is 0 Å². The summed E-state index contributed by atoms with van der Waals surface area (Å²) in [7, 11) is 0. The van der Waals surface area contributed by atoms with Gasteiger partial charge in [0.05, 0.1) is 5.69 Å². The second-order valence-corrected chi connectivity index (χ2v) is 7.70. The maximum absolute atomic E-state index is 12.8. The number of hydrogen-bond acceptors (Lipinski definition) is 4. The Morgan fingerprint density at radius 3 is 2.64 bits per heavy atom. The van der Waals surface area contributed by atoms with Crippen molar-refractivity contribution in [3.8, 4) is 0 Å². The lowest BCUT2D eigenvalue weighted by molar-refractivity contribution is 0.164. The van der Waals surface area contributed by atoms with Crippen molar-refractivity contribution >= 4 is 6.03 Å². The van der Waals surface area contributed by atoms with Crippen molar-refractivity contribution in [2.45, 2.75) is 71.4 Å². The summed E-state index contributed by atoms with van der Waals surface area (Å²) in [6.07, 6.45) is 6.92. The molecular weight excluding hydrogens is 316 g/mol. The fraction of sp³-hybridized carbons (Fsp3) is 0.789. The van der Waals surface area contributed by atoms with E-state index in [1.54, 1.807) is 0 Å². The Morgan fingerprint density at radius 2 is 1.96 bits per heavy atom. The molecule has 1 aromatic heterocycles. The summed E-state index contributed by atoms with van der Waals surface area (Å²) < 4.78 is 5.23. The molecule has 2 saturated heterocycles. The third-order valence-electron chi connectivity index (χ3n) is 5.65. The van der Waals surface area contributed by atoms with E-state index in [2.05, 4.69) is 22.3 Å². The Kier molecular flexibility index (Phi) is 5.99. The number of nitrogens with zero attached hydrogens (tertiary/aromatic N) is 3. The van der Waals surface area contributed by atoms with Crippen molar-refractivity contribution in [2.75, 3.05) is 26.2 Å². The van der Waals surface area contributed by atoms with Crippen LogP contribution < -0.4 is 5.32 Å². The molecule has 2 aliphatic rings. The molecule has 0 radical (unpaired) electrons. The zero-order valence-electron chi connectivity index (χ0n) is 15.9. The normalized spacial score (nSPS) is 23.5. The second-order valence-electron chi connectivity index (χ2n) is 7.70. The second kappa shape index (κ2) is 8.21. The lowest BCUT2D eigenvalue weighted by Gasteiger charge is -2.31. The topological polar surface area (TPSA) is 61.6 Å². The third kappa shape index (κ3) is 4.54. The molecule has 3 heterocycles. The van der Waals surface area contributed by atoms with Gasteiger partial charge < -0.3 is 14.7 Å². The van der Waals surface area contributed by atoms with Gasteiger partial charge in [0.15, 0.2) is 0 Å². The van der Waals surface area contributed by atoms with Gasteiger partial charge in [0, 0.05) is 30.7 Å². The monoisotopic (exact) mass is 348 g/mol. The van der Waals surface area contributed by atoms with Gasteiger partial charge in [0.1, 0.15) is 5.76 Å². The summed E-state index contributed by atoms with van der Waals surface area (Å²) in [5.41, 5.74) is 2.03.